The molecule has 5 nitrogen and oxygen atoms in total. The Kier molecular flexibility index (Phi) is 6.00. The zero-order valence-corrected chi connectivity index (χ0v) is 17.4. The molecule has 1 N–H and O–H groups in total. The van der Waals surface area contributed by atoms with Crippen molar-refractivity contribution in [2.45, 2.75) is 20.0 Å². The number of fused-ring (bicyclic) bond motifs is 1. The summed E-state index contributed by atoms with van der Waals surface area (Å²) in [5.41, 5.74) is 4.34. The van der Waals surface area contributed by atoms with Gasteiger partial charge in [0.15, 0.2) is 6.61 Å². The Morgan fingerprint density at radius 3 is 2.57 bits per heavy atom. The molecular formula is C24H22ClN3O2. The number of aromatic nitrogens is 2. The van der Waals surface area contributed by atoms with E-state index in [0.29, 0.717) is 23.9 Å². The van der Waals surface area contributed by atoms with Crippen LogP contribution in [0, 0.1) is 6.92 Å². The van der Waals surface area contributed by atoms with Gasteiger partial charge in [0.25, 0.3) is 5.91 Å². The average Bonchev–Trinajstić information content (AvgIpc) is 3.10. The summed E-state index contributed by atoms with van der Waals surface area (Å²) < 4.78 is 7.65. The van der Waals surface area contributed by atoms with Crippen molar-refractivity contribution in [2.75, 3.05) is 6.61 Å². The van der Waals surface area contributed by atoms with Crippen LogP contribution in [-0.4, -0.2) is 22.1 Å². The van der Waals surface area contributed by atoms with E-state index in [1.807, 2.05) is 36.4 Å². The molecule has 1 heterocycles. The first-order chi connectivity index (χ1) is 14.6. The van der Waals surface area contributed by atoms with E-state index in [2.05, 4.69) is 41.1 Å². The number of nitrogens with zero attached hydrogens (tertiary/aromatic N) is 2. The van der Waals surface area contributed by atoms with Gasteiger partial charge in [-0.25, -0.2) is 4.98 Å². The third-order valence-corrected chi connectivity index (χ3v) is 5.15. The van der Waals surface area contributed by atoms with Crippen LogP contribution in [0.2, 0.25) is 5.02 Å². The molecule has 0 fully saturated rings. The van der Waals surface area contributed by atoms with Crippen LogP contribution < -0.4 is 10.1 Å². The van der Waals surface area contributed by atoms with Crippen LogP contribution in [-0.2, 0) is 17.9 Å². The summed E-state index contributed by atoms with van der Waals surface area (Å²) in [5, 5.41) is 3.37. The number of carbonyl (C=O) groups excluding carboxylic acids is 1. The second-order valence-corrected chi connectivity index (χ2v) is 7.49. The van der Waals surface area contributed by atoms with Crippen molar-refractivity contribution >= 4 is 28.5 Å². The van der Waals surface area contributed by atoms with E-state index in [1.165, 1.54) is 11.1 Å². The van der Waals surface area contributed by atoms with Crippen molar-refractivity contribution in [3.8, 4) is 5.75 Å². The largest absolute Gasteiger partial charge is 0.482 e. The molecule has 0 bridgehead atoms. The minimum Gasteiger partial charge on any atom is -0.482 e. The summed E-state index contributed by atoms with van der Waals surface area (Å²) in [6, 6.07) is 23.5. The molecule has 0 atom stereocenters. The first-order valence-electron chi connectivity index (χ1n) is 9.74. The van der Waals surface area contributed by atoms with Crippen LogP contribution in [0.3, 0.4) is 0 Å². The van der Waals surface area contributed by atoms with E-state index in [-0.39, 0.29) is 12.5 Å². The molecule has 0 unspecified atom stereocenters. The third-order valence-electron chi connectivity index (χ3n) is 4.83. The number of benzene rings is 3. The predicted molar refractivity (Wildman–Crippen MR) is 119 cm³/mol. The van der Waals surface area contributed by atoms with E-state index in [9.17, 15) is 4.79 Å². The first kappa shape index (κ1) is 20.0. The second-order valence-electron chi connectivity index (χ2n) is 7.08. The number of halogens is 1. The van der Waals surface area contributed by atoms with Gasteiger partial charge in [0.1, 0.15) is 11.6 Å². The fourth-order valence-corrected chi connectivity index (χ4v) is 3.44. The molecule has 0 saturated heterocycles. The lowest BCUT2D eigenvalue weighted by atomic mass is 10.1. The molecule has 1 aromatic heterocycles. The zero-order valence-electron chi connectivity index (χ0n) is 16.6. The van der Waals surface area contributed by atoms with E-state index in [4.69, 9.17) is 21.3 Å². The number of nitrogens with one attached hydrogen (secondary N) is 1. The first-order valence-corrected chi connectivity index (χ1v) is 10.1. The lowest BCUT2D eigenvalue weighted by Gasteiger charge is -2.11. The number of hydrogen-bond acceptors (Lipinski definition) is 3. The fourth-order valence-electron chi connectivity index (χ4n) is 3.25. The smallest absolute Gasteiger partial charge is 0.258 e. The highest BCUT2D eigenvalue weighted by molar-refractivity contribution is 6.32. The fraction of sp³-hybridized carbons (Fsp3) is 0.167. The Labute approximate surface area is 180 Å². The number of ether oxygens (including phenoxy) is 1. The summed E-state index contributed by atoms with van der Waals surface area (Å²) >= 11 is 6.06. The van der Waals surface area contributed by atoms with Crippen LogP contribution in [0.1, 0.15) is 17.0 Å². The summed E-state index contributed by atoms with van der Waals surface area (Å²) in [7, 11) is 0. The van der Waals surface area contributed by atoms with Crippen molar-refractivity contribution in [3.63, 3.8) is 0 Å². The van der Waals surface area contributed by atoms with E-state index in [1.54, 1.807) is 12.1 Å². The third kappa shape index (κ3) is 4.63. The number of carbonyl (C=O) groups is 1. The van der Waals surface area contributed by atoms with Gasteiger partial charge < -0.3 is 14.6 Å². The topological polar surface area (TPSA) is 56.2 Å². The van der Waals surface area contributed by atoms with Crippen LogP contribution in [0.15, 0.2) is 72.8 Å². The molecule has 4 rings (SSSR count). The van der Waals surface area contributed by atoms with Crippen LogP contribution in [0.25, 0.3) is 11.0 Å². The highest BCUT2D eigenvalue weighted by atomic mass is 35.5. The monoisotopic (exact) mass is 419 g/mol. The normalized spacial score (nSPS) is 10.9. The number of imidazole rings is 1. The molecule has 4 aromatic rings. The summed E-state index contributed by atoms with van der Waals surface area (Å²) in [5.74, 6) is 1.05. The summed E-state index contributed by atoms with van der Waals surface area (Å²) in [4.78, 5) is 17.0. The Bertz CT molecular complexity index is 1170. The molecular weight excluding hydrogens is 398 g/mol. The minimum atomic E-state index is -0.233. The Hall–Kier alpha value is -3.31. The molecule has 1 amide bonds. The summed E-state index contributed by atoms with van der Waals surface area (Å²) in [6.45, 7) is 2.96. The van der Waals surface area contributed by atoms with Crippen molar-refractivity contribution in [1.29, 1.82) is 0 Å². The highest BCUT2D eigenvalue weighted by Gasteiger charge is 2.13. The van der Waals surface area contributed by atoms with Crippen molar-refractivity contribution in [3.05, 3.63) is 94.8 Å². The maximum absolute atomic E-state index is 12.3. The molecule has 0 aliphatic carbocycles. The highest BCUT2D eigenvalue weighted by Crippen LogP contribution is 2.23. The number of rotatable bonds is 7. The van der Waals surface area contributed by atoms with Gasteiger partial charge in [-0.3, -0.25) is 4.79 Å². The van der Waals surface area contributed by atoms with Gasteiger partial charge in [-0.1, -0.05) is 65.7 Å². The molecule has 3 aromatic carbocycles. The van der Waals surface area contributed by atoms with E-state index >= 15 is 0 Å². The van der Waals surface area contributed by atoms with Gasteiger partial charge in [0.05, 0.1) is 22.6 Å². The van der Waals surface area contributed by atoms with Crippen LogP contribution >= 0.6 is 11.6 Å². The van der Waals surface area contributed by atoms with E-state index in [0.717, 1.165) is 16.9 Å². The standard InChI is InChI=1S/C24H22ClN3O2/c1-17-10-12-18(13-11-17)15-28-21-8-4-3-7-20(21)27-23(28)14-26-24(29)16-30-22-9-5-2-6-19(22)25/h2-13H,14-16H2,1H3,(H,26,29). The van der Waals surface area contributed by atoms with Gasteiger partial charge in [-0.05, 0) is 36.8 Å². The van der Waals surface area contributed by atoms with Crippen molar-refractivity contribution < 1.29 is 9.53 Å². The SMILES string of the molecule is Cc1ccc(Cn2c(CNC(=O)COc3ccccc3Cl)nc3ccccc32)cc1. The van der Waals surface area contributed by atoms with Gasteiger partial charge in [-0.15, -0.1) is 0 Å². The number of para-hydroxylation sites is 3. The minimum absolute atomic E-state index is 0.109. The Morgan fingerprint density at radius 2 is 1.77 bits per heavy atom. The molecule has 0 saturated carbocycles. The lowest BCUT2D eigenvalue weighted by molar-refractivity contribution is -0.123. The van der Waals surface area contributed by atoms with Gasteiger partial charge in [0.2, 0.25) is 0 Å². The number of hydrogen-bond donors (Lipinski definition) is 1. The number of aryl methyl sites for hydroxylation is 1. The predicted octanol–water partition coefficient (Wildman–Crippen LogP) is 4.74. The molecule has 30 heavy (non-hydrogen) atoms. The Morgan fingerprint density at radius 1 is 1.03 bits per heavy atom. The average molecular weight is 420 g/mol. The maximum Gasteiger partial charge on any atom is 0.258 e. The second kappa shape index (κ2) is 9.01. The molecule has 0 radical (unpaired) electrons. The molecule has 152 valence electrons. The summed E-state index contributed by atoms with van der Waals surface area (Å²) in [6.07, 6.45) is 0. The van der Waals surface area contributed by atoms with Gasteiger partial charge in [0, 0.05) is 6.54 Å². The zero-order chi connectivity index (χ0) is 20.9. The Balaban J connectivity index is 1.47. The lowest BCUT2D eigenvalue weighted by Crippen LogP contribution is -2.29. The van der Waals surface area contributed by atoms with Crippen LogP contribution in [0.5, 0.6) is 5.75 Å². The molecule has 6 heteroatoms. The van der Waals surface area contributed by atoms with Gasteiger partial charge >= 0.3 is 0 Å². The van der Waals surface area contributed by atoms with Crippen molar-refractivity contribution in [2.24, 2.45) is 0 Å². The molecule has 0 aliphatic rings. The van der Waals surface area contributed by atoms with Crippen LogP contribution in [0.4, 0.5) is 0 Å². The quantitative estimate of drug-likeness (QED) is 0.470. The maximum atomic E-state index is 12.3. The molecule has 0 spiro atoms. The van der Waals surface area contributed by atoms with Crippen molar-refractivity contribution in [1.82, 2.24) is 14.9 Å². The van der Waals surface area contributed by atoms with E-state index < -0.39 is 0 Å². The molecule has 0 aliphatic heterocycles. The van der Waals surface area contributed by atoms with Gasteiger partial charge in [-0.2, -0.15) is 0 Å². The number of amides is 1.